The maximum atomic E-state index is 11.6. The van der Waals surface area contributed by atoms with Crippen LogP contribution >= 0.6 is 0 Å². The van der Waals surface area contributed by atoms with Gasteiger partial charge in [0.05, 0.1) is 13.2 Å². The average molecular weight is 254 g/mol. The number of hydrogen-bond acceptors (Lipinski definition) is 4. The molecule has 0 spiro atoms. The van der Waals surface area contributed by atoms with E-state index >= 15 is 0 Å². The molecule has 2 heterocycles. The number of Topliss-reactive ketones (excluding diaryl/α,β-unsaturated/α-hetero) is 1. The molecule has 0 N–H and O–H groups in total. The lowest BCUT2D eigenvalue weighted by Gasteiger charge is -2.33. The van der Waals surface area contributed by atoms with Crippen molar-refractivity contribution in [3.8, 4) is 0 Å². The van der Waals surface area contributed by atoms with Crippen molar-refractivity contribution in [2.75, 3.05) is 45.9 Å². The molecule has 0 saturated carbocycles. The van der Waals surface area contributed by atoms with Crippen molar-refractivity contribution in [2.45, 2.75) is 33.2 Å². The number of ketones is 1. The number of ether oxygens (including phenoxy) is 1. The van der Waals surface area contributed by atoms with Crippen molar-refractivity contribution in [1.29, 1.82) is 0 Å². The van der Waals surface area contributed by atoms with Crippen LogP contribution in [0.5, 0.6) is 0 Å². The van der Waals surface area contributed by atoms with Crippen LogP contribution < -0.4 is 0 Å². The molecule has 2 aliphatic heterocycles. The number of likely N-dealkylation sites (tertiary alicyclic amines) is 1. The normalized spacial score (nSPS) is 27.6. The van der Waals surface area contributed by atoms with E-state index in [1.807, 2.05) is 0 Å². The van der Waals surface area contributed by atoms with E-state index in [1.165, 1.54) is 6.42 Å². The van der Waals surface area contributed by atoms with Crippen molar-refractivity contribution in [1.82, 2.24) is 9.80 Å². The fraction of sp³-hybridized carbons (Fsp3) is 0.929. The summed E-state index contributed by atoms with van der Waals surface area (Å²) in [6.07, 6.45) is 1.23. The third-order valence-corrected chi connectivity index (χ3v) is 4.38. The van der Waals surface area contributed by atoms with Gasteiger partial charge in [-0.3, -0.25) is 9.69 Å². The van der Waals surface area contributed by atoms with Gasteiger partial charge in [0.1, 0.15) is 5.78 Å². The molecule has 0 bridgehead atoms. The number of morpholine rings is 1. The Balaban J connectivity index is 1.82. The van der Waals surface area contributed by atoms with Crippen molar-refractivity contribution in [3.05, 3.63) is 0 Å². The van der Waals surface area contributed by atoms with E-state index in [-0.39, 0.29) is 11.2 Å². The molecular formula is C14H26N2O2. The first-order valence-electron chi connectivity index (χ1n) is 7.04. The molecule has 4 nitrogen and oxygen atoms in total. The molecule has 2 fully saturated rings. The first-order valence-corrected chi connectivity index (χ1v) is 7.04. The van der Waals surface area contributed by atoms with Gasteiger partial charge in [0.25, 0.3) is 0 Å². The van der Waals surface area contributed by atoms with Crippen LogP contribution in [0.3, 0.4) is 0 Å². The summed E-state index contributed by atoms with van der Waals surface area (Å²) in [7, 11) is 0. The van der Waals surface area contributed by atoms with Gasteiger partial charge in [-0.2, -0.15) is 0 Å². The summed E-state index contributed by atoms with van der Waals surface area (Å²) in [4.78, 5) is 16.6. The summed E-state index contributed by atoms with van der Waals surface area (Å²) in [5.74, 6) is 0.289. The molecule has 0 aromatic rings. The summed E-state index contributed by atoms with van der Waals surface area (Å²) in [5, 5.41) is 0. The Hall–Kier alpha value is -0.450. The third kappa shape index (κ3) is 3.31. The van der Waals surface area contributed by atoms with Crippen molar-refractivity contribution in [2.24, 2.45) is 5.41 Å². The summed E-state index contributed by atoms with van der Waals surface area (Å²) in [6, 6.07) is 0.664. The number of nitrogens with zero attached hydrogens (tertiary/aromatic N) is 2. The lowest BCUT2D eigenvalue weighted by molar-refractivity contribution is -0.125. The number of carbonyl (C=O) groups is 1. The van der Waals surface area contributed by atoms with E-state index in [4.69, 9.17) is 4.74 Å². The molecular weight excluding hydrogens is 228 g/mol. The van der Waals surface area contributed by atoms with Crippen LogP contribution in [0.25, 0.3) is 0 Å². The van der Waals surface area contributed by atoms with E-state index in [0.717, 1.165) is 45.9 Å². The lowest BCUT2D eigenvalue weighted by atomic mass is 9.88. The van der Waals surface area contributed by atoms with Crippen LogP contribution in [-0.2, 0) is 9.53 Å². The van der Waals surface area contributed by atoms with Gasteiger partial charge in [0.15, 0.2) is 0 Å². The summed E-state index contributed by atoms with van der Waals surface area (Å²) < 4.78 is 5.40. The minimum absolute atomic E-state index is 0.208. The van der Waals surface area contributed by atoms with E-state index in [2.05, 4.69) is 23.6 Å². The van der Waals surface area contributed by atoms with Gasteiger partial charge in [0, 0.05) is 37.6 Å². The van der Waals surface area contributed by atoms with Crippen LogP contribution in [0.15, 0.2) is 0 Å². The molecule has 1 unspecified atom stereocenters. The lowest BCUT2D eigenvalue weighted by Crippen LogP contribution is -2.45. The molecule has 0 radical (unpaired) electrons. The third-order valence-electron chi connectivity index (χ3n) is 4.38. The Labute approximate surface area is 110 Å². The van der Waals surface area contributed by atoms with Gasteiger partial charge in [0.2, 0.25) is 0 Å². The zero-order valence-electron chi connectivity index (χ0n) is 11.9. The Morgan fingerprint density at radius 2 is 1.94 bits per heavy atom. The molecule has 18 heavy (non-hydrogen) atoms. The molecule has 4 heteroatoms. The first kappa shape index (κ1) is 14.0. The maximum Gasteiger partial charge on any atom is 0.136 e. The first-order chi connectivity index (χ1) is 8.49. The summed E-state index contributed by atoms with van der Waals surface area (Å²) in [6.45, 7) is 12.8. The quantitative estimate of drug-likeness (QED) is 0.749. The Kier molecular flexibility index (Phi) is 4.41. The SMILES string of the molecule is CC(=O)C(C)(C)CN1CCC(N2CCOCC2)C1. The van der Waals surface area contributed by atoms with Crippen molar-refractivity contribution >= 4 is 5.78 Å². The highest BCUT2D eigenvalue weighted by molar-refractivity contribution is 5.81. The fourth-order valence-corrected chi connectivity index (χ4v) is 2.87. The molecule has 0 aromatic carbocycles. The zero-order chi connectivity index (χ0) is 13.2. The zero-order valence-corrected chi connectivity index (χ0v) is 11.9. The highest BCUT2D eigenvalue weighted by Crippen LogP contribution is 2.23. The molecule has 1 atom stereocenters. The molecule has 104 valence electrons. The molecule has 0 aliphatic carbocycles. The molecule has 2 saturated heterocycles. The van der Waals surface area contributed by atoms with Crippen LogP contribution in [0, 0.1) is 5.41 Å². The number of hydrogen-bond donors (Lipinski definition) is 0. The molecule has 0 aromatic heterocycles. The monoisotopic (exact) mass is 254 g/mol. The predicted octanol–water partition coefficient (Wildman–Crippen LogP) is 1.01. The van der Waals surface area contributed by atoms with E-state index in [0.29, 0.717) is 6.04 Å². The average Bonchev–Trinajstić information content (AvgIpc) is 2.78. The van der Waals surface area contributed by atoms with E-state index < -0.39 is 0 Å². The Bertz CT molecular complexity index is 298. The highest BCUT2D eigenvalue weighted by atomic mass is 16.5. The van der Waals surface area contributed by atoms with Crippen LogP contribution in [-0.4, -0.2) is 67.6 Å². The largest absolute Gasteiger partial charge is 0.379 e. The van der Waals surface area contributed by atoms with Crippen molar-refractivity contribution in [3.63, 3.8) is 0 Å². The number of carbonyl (C=O) groups excluding carboxylic acids is 1. The van der Waals surface area contributed by atoms with Crippen LogP contribution in [0.4, 0.5) is 0 Å². The van der Waals surface area contributed by atoms with Crippen LogP contribution in [0.1, 0.15) is 27.2 Å². The summed E-state index contributed by atoms with van der Waals surface area (Å²) in [5.41, 5.74) is -0.208. The molecule has 2 rings (SSSR count). The predicted molar refractivity (Wildman–Crippen MR) is 71.7 cm³/mol. The van der Waals surface area contributed by atoms with Gasteiger partial charge in [-0.25, -0.2) is 0 Å². The highest BCUT2D eigenvalue weighted by Gasteiger charge is 2.33. The Morgan fingerprint density at radius 1 is 1.28 bits per heavy atom. The fourth-order valence-electron chi connectivity index (χ4n) is 2.87. The van der Waals surface area contributed by atoms with Crippen molar-refractivity contribution < 1.29 is 9.53 Å². The van der Waals surface area contributed by atoms with Gasteiger partial charge in [-0.05, 0) is 19.9 Å². The molecule has 0 amide bonds. The Morgan fingerprint density at radius 3 is 2.56 bits per heavy atom. The van der Waals surface area contributed by atoms with Gasteiger partial charge >= 0.3 is 0 Å². The minimum Gasteiger partial charge on any atom is -0.379 e. The summed E-state index contributed by atoms with van der Waals surface area (Å²) >= 11 is 0. The standard InChI is InChI=1S/C14H26N2O2/c1-12(17)14(2,3)11-15-5-4-13(10-15)16-6-8-18-9-7-16/h13H,4-11H2,1-3H3. The van der Waals surface area contributed by atoms with Gasteiger partial charge in [-0.1, -0.05) is 13.8 Å². The second kappa shape index (κ2) is 5.68. The second-order valence-electron chi connectivity index (χ2n) is 6.27. The minimum atomic E-state index is -0.208. The topological polar surface area (TPSA) is 32.8 Å². The van der Waals surface area contributed by atoms with Gasteiger partial charge in [-0.15, -0.1) is 0 Å². The van der Waals surface area contributed by atoms with Crippen LogP contribution in [0.2, 0.25) is 0 Å². The second-order valence-corrected chi connectivity index (χ2v) is 6.27. The molecule has 2 aliphatic rings. The van der Waals surface area contributed by atoms with Gasteiger partial charge < -0.3 is 9.64 Å². The number of rotatable bonds is 4. The van der Waals surface area contributed by atoms with E-state index in [1.54, 1.807) is 6.92 Å². The smallest absolute Gasteiger partial charge is 0.136 e. The maximum absolute atomic E-state index is 11.6. The van der Waals surface area contributed by atoms with E-state index in [9.17, 15) is 4.79 Å².